The monoisotopic (exact) mass is 500 g/mol. The first kappa shape index (κ1) is 19.6. The van der Waals surface area contributed by atoms with Crippen LogP contribution in [-0.4, -0.2) is 17.7 Å². The number of rotatable bonds is 4. The first-order chi connectivity index (χ1) is 12.6. The number of carbonyl (C=O) groups is 1. The van der Waals surface area contributed by atoms with Crippen molar-refractivity contribution in [2.45, 2.75) is 39.0 Å². The van der Waals surface area contributed by atoms with Gasteiger partial charge in [-0.15, -0.1) is 11.3 Å². The maximum absolute atomic E-state index is 12.6. The maximum Gasteiger partial charge on any atom is 0.341 e. The highest BCUT2D eigenvalue weighted by Gasteiger charge is 2.26. The molecule has 0 fully saturated rings. The Hall–Kier alpha value is -1.19. The number of carbonyl (C=O) groups excluding carboxylic acids is 1. The van der Waals surface area contributed by atoms with Gasteiger partial charge in [-0.1, -0.05) is 18.6 Å². The van der Waals surface area contributed by atoms with Gasteiger partial charge < -0.3 is 15.4 Å². The van der Waals surface area contributed by atoms with Crippen LogP contribution in [-0.2, 0) is 17.6 Å². The molecule has 3 rings (SSSR count). The minimum absolute atomic E-state index is 0.258. The van der Waals surface area contributed by atoms with Crippen molar-refractivity contribution < 1.29 is 9.53 Å². The zero-order chi connectivity index (χ0) is 18.5. The van der Waals surface area contributed by atoms with Gasteiger partial charge in [-0.3, -0.25) is 0 Å². The predicted octanol–water partition coefficient (Wildman–Crippen LogP) is 5.61. The van der Waals surface area contributed by atoms with Crippen molar-refractivity contribution in [1.29, 1.82) is 0 Å². The van der Waals surface area contributed by atoms with Crippen molar-refractivity contribution in [3.8, 4) is 0 Å². The van der Waals surface area contributed by atoms with Gasteiger partial charge in [0.1, 0.15) is 5.00 Å². The Morgan fingerprint density at radius 3 is 2.77 bits per heavy atom. The van der Waals surface area contributed by atoms with Gasteiger partial charge in [0.05, 0.1) is 17.9 Å². The fourth-order valence-corrected chi connectivity index (χ4v) is 5.15. The molecule has 0 saturated carbocycles. The fraction of sp³-hybridized carbons (Fsp3) is 0.368. The number of fused-ring (bicyclic) bond motifs is 1. The Morgan fingerprint density at radius 2 is 2.00 bits per heavy atom. The van der Waals surface area contributed by atoms with Gasteiger partial charge in [-0.25, -0.2) is 4.79 Å². The van der Waals surface area contributed by atoms with Crippen molar-refractivity contribution in [1.82, 2.24) is 0 Å². The van der Waals surface area contributed by atoms with Crippen LogP contribution >= 0.6 is 46.1 Å². The van der Waals surface area contributed by atoms with Crippen LogP contribution < -0.4 is 10.6 Å². The topological polar surface area (TPSA) is 50.4 Å². The highest BCUT2D eigenvalue weighted by atomic mass is 127. The second-order valence-corrected chi connectivity index (χ2v) is 8.72. The van der Waals surface area contributed by atoms with Gasteiger partial charge in [0.15, 0.2) is 5.11 Å². The van der Waals surface area contributed by atoms with Gasteiger partial charge in [0.25, 0.3) is 0 Å². The average molecular weight is 500 g/mol. The molecule has 7 heteroatoms. The van der Waals surface area contributed by atoms with Crippen molar-refractivity contribution >= 4 is 67.9 Å². The maximum atomic E-state index is 12.6. The standard InChI is InChI=1S/C19H21IN2O2S2/c1-2-24-18(23)16-12-8-4-3-5-11-15(12)26-17(16)22-19(25)21-14-10-7-6-9-13(14)20/h6-7,9-10H,2-5,8,11H2,1H3,(H2,21,22,25). The average Bonchev–Trinajstić information content (AvgIpc) is 2.78. The fourth-order valence-electron chi connectivity index (χ4n) is 3.07. The van der Waals surface area contributed by atoms with E-state index < -0.39 is 0 Å². The van der Waals surface area contributed by atoms with Gasteiger partial charge in [-0.05, 0) is 85.1 Å². The van der Waals surface area contributed by atoms with Crippen LogP contribution in [0.1, 0.15) is 47.0 Å². The normalized spacial score (nSPS) is 13.5. The number of anilines is 2. The first-order valence-electron chi connectivity index (χ1n) is 8.74. The van der Waals surface area contributed by atoms with E-state index in [0.717, 1.165) is 39.1 Å². The molecule has 2 aromatic rings. The minimum atomic E-state index is -0.258. The molecule has 1 aromatic carbocycles. The number of hydrogen-bond donors (Lipinski definition) is 2. The quantitative estimate of drug-likeness (QED) is 0.248. The number of ether oxygens (including phenoxy) is 1. The highest BCUT2D eigenvalue weighted by molar-refractivity contribution is 14.1. The summed E-state index contributed by atoms with van der Waals surface area (Å²) in [6, 6.07) is 7.94. The molecule has 0 spiro atoms. The lowest BCUT2D eigenvalue weighted by atomic mass is 10.1. The molecule has 1 aromatic heterocycles. The number of thiocarbonyl (C=S) groups is 1. The number of thiophene rings is 1. The molecule has 0 saturated heterocycles. The smallest absolute Gasteiger partial charge is 0.341 e. The first-order valence-corrected chi connectivity index (χ1v) is 11.0. The van der Waals surface area contributed by atoms with Crippen LogP contribution in [0.15, 0.2) is 24.3 Å². The molecule has 0 bridgehead atoms. The second kappa shape index (κ2) is 9.14. The summed E-state index contributed by atoms with van der Waals surface area (Å²) in [4.78, 5) is 13.9. The van der Waals surface area contributed by atoms with E-state index in [9.17, 15) is 4.79 Å². The van der Waals surface area contributed by atoms with Gasteiger partial charge in [-0.2, -0.15) is 0 Å². The van der Waals surface area contributed by atoms with E-state index in [-0.39, 0.29) is 5.97 Å². The van der Waals surface area contributed by atoms with Crippen LogP contribution in [0, 0.1) is 3.57 Å². The zero-order valence-corrected chi connectivity index (χ0v) is 18.4. The summed E-state index contributed by atoms with van der Waals surface area (Å²) in [6.07, 6.45) is 5.43. The number of benzene rings is 1. The number of esters is 1. The third kappa shape index (κ3) is 4.55. The molecule has 1 heterocycles. The van der Waals surface area contributed by atoms with Crippen LogP contribution in [0.25, 0.3) is 0 Å². The lowest BCUT2D eigenvalue weighted by Gasteiger charge is -2.12. The number of para-hydroxylation sites is 1. The molecule has 2 N–H and O–H groups in total. The largest absolute Gasteiger partial charge is 0.462 e. The van der Waals surface area contributed by atoms with Crippen molar-refractivity contribution in [3.05, 3.63) is 43.8 Å². The molecule has 0 radical (unpaired) electrons. The number of hydrogen-bond acceptors (Lipinski definition) is 4. The molecule has 26 heavy (non-hydrogen) atoms. The molecule has 0 atom stereocenters. The van der Waals surface area contributed by atoms with Crippen LogP contribution in [0.5, 0.6) is 0 Å². The summed E-state index contributed by atoms with van der Waals surface area (Å²) in [5.41, 5.74) is 2.76. The summed E-state index contributed by atoms with van der Waals surface area (Å²) in [5.74, 6) is -0.258. The summed E-state index contributed by atoms with van der Waals surface area (Å²) < 4.78 is 6.40. The Morgan fingerprint density at radius 1 is 1.23 bits per heavy atom. The van der Waals surface area contributed by atoms with Crippen LogP contribution in [0.2, 0.25) is 0 Å². The molecule has 138 valence electrons. The van der Waals surface area contributed by atoms with Crippen molar-refractivity contribution in [3.63, 3.8) is 0 Å². The van der Waals surface area contributed by atoms with E-state index in [4.69, 9.17) is 17.0 Å². The number of halogens is 1. The molecule has 0 unspecified atom stereocenters. The van der Waals surface area contributed by atoms with Gasteiger partial charge >= 0.3 is 5.97 Å². The van der Waals surface area contributed by atoms with Gasteiger partial charge in [0, 0.05) is 8.45 Å². The summed E-state index contributed by atoms with van der Waals surface area (Å²) in [7, 11) is 0. The molecular weight excluding hydrogens is 479 g/mol. The van der Waals surface area contributed by atoms with Crippen molar-refractivity contribution in [2.75, 3.05) is 17.2 Å². The molecule has 0 amide bonds. The Balaban J connectivity index is 1.85. The van der Waals surface area contributed by atoms with Crippen molar-refractivity contribution in [2.24, 2.45) is 0 Å². The van der Waals surface area contributed by atoms with E-state index in [0.29, 0.717) is 17.3 Å². The highest BCUT2D eigenvalue weighted by Crippen LogP contribution is 2.38. The molecule has 1 aliphatic rings. The van der Waals surface area contributed by atoms with Crippen LogP contribution in [0.3, 0.4) is 0 Å². The molecule has 4 nitrogen and oxygen atoms in total. The summed E-state index contributed by atoms with van der Waals surface area (Å²) in [6.45, 7) is 2.20. The van der Waals surface area contributed by atoms with E-state index in [2.05, 4.69) is 33.2 Å². The SMILES string of the molecule is CCOC(=O)c1c(NC(=S)Nc2ccccc2I)sc2c1CCCCC2. The number of nitrogens with one attached hydrogen (secondary N) is 2. The van der Waals surface area contributed by atoms with Crippen LogP contribution in [0.4, 0.5) is 10.7 Å². The summed E-state index contributed by atoms with van der Waals surface area (Å²) in [5, 5.41) is 7.73. The lowest BCUT2D eigenvalue weighted by molar-refractivity contribution is 0.0527. The molecule has 0 aliphatic heterocycles. The number of aryl methyl sites for hydroxylation is 1. The molecular formula is C19H21IN2O2S2. The second-order valence-electron chi connectivity index (χ2n) is 6.05. The predicted molar refractivity (Wildman–Crippen MR) is 121 cm³/mol. The lowest BCUT2D eigenvalue weighted by Crippen LogP contribution is -2.21. The molecule has 1 aliphatic carbocycles. The Bertz CT molecular complexity index is 820. The van der Waals surface area contributed by atoms with E-state index in [1.807, 2.05) is 31.2 Å². The van der Waals surface area contributed by atoms with E-state index >= 15 is 0 Å². The van der Waals surface area contributed by atoms with E-state index in [1.54, 1.807) is 11.3 Å². The zero-order valence-electron chi connectivity index (χ0n) is 14.6. The summed E-state index contributed by atoms with van der Waals surface area (Å²) >= 11 is 9.38. The van der Waals surface area contributed by atoms with Gasteiger partial charge in [0.2, 0.25) is 0 Å². The Kier molecular flexibility index (Phi) is 6.88. The minimum Gasteiger partial charge on any atom is -0.462 e. The Labute approximate surface area is 176 Å². The third-order valence-electron chi connectivity index (χ3n) is 4.25. The third-order valence-corrected chi connectivity index (χ3v) is 6.60. The van der Waals surface area contributed by atoms with E-state index in [1.165, 1.54) is 17.7 Å².